The third-order valence-electron chi connectivity index (χ3n) is 9.23. The van der Waals surface area contributed by atoms with Crippen LogP contribution in [0.4, 0.5) is 4.79 Å². The number of carboxylic acid groups (broad SMARTS) is 1. The zero-order chi connectivity index (χ0) is 33.2. The van der Waals surface area contributed by atoms with E-state index in [-0.39, 0.29) is 25.5 Å². The van der Waals surface area contributed by atoms with E-state index in [1.165, 1.54) is 11.0 Å². The Kier molecular flexibility index (Phi) is 9.50. The maximum atomic E-state index is 14.2. The molecule has 2 aliphatic carbocycles. The Morgan fingerprint density at radius 2 is 1.93 bits per heavy atom. The number of carboxylic acids is 1. The van der Waals surface area contributed by atoms with Gasteiger partial charge < -0.3 is 39.7 Å². The lowest BCUT2D eigenvalue weighted by atomic mass is 9.85. The van der Waals surface area contributed by atoms with Gasteiger partial charge in [-0.05, 0) is 55.7 Å². The first kappa shape index (κ1) is 33.1. The van der Waals surface area contributed by atoms with E-state index in [0.717, 1.165) is 31.2 Å². The number of rotatable bonds is 10. The summed E-state index contributed by atoms with van der Waals surface area (Å²) in [5, 5.41) is 19.8. The van der Waals surface area contributed by atoms with Crippen LogP contribution in [0.3, 0.4) is 0 Å². The van der Waals surface area contributed by atoms with Crippen LogP contribution in [0.1, 0.15) is 71.3 Å². The van der Waals surface area contributed by atoms with Crippen molar-refractivity contribution >= 4 is 29.6 Å². The van der Waals surface area contributed by atoms with Crippen LogP contribution in [0.2, 0.25) is 0 Å². The molecular weight excluding hydrogens is 596 g/mol. The Morgan fingerprint density at radius 1 is 1.20 bits per heavy atom. The number of ether oxygens (including phenoxy) is 3. The van der Waals surface area contributed by atoms with Crippen molar-refractivity contribution < 1.29 is 43.3 Å². The number of hydrogen-bond acceptors (Lipinski definition) is 9. The number of methoxy groups -OCH3 is 1. The molecule has 0 bridgehead atoms. The van der Waals surface area contributed by atoms with Gasteiger partial charge in [-0.2, -0.15) is 0 Å². The van der Waals surface area contributed by atoms with Crippen LogP contribution in [0.5, 0.6) is 11.5 Å². The standard InChI is InChI=1S/C33H44N4O9/c1-6-19-17-33(19,30(40)41)35-28(38)25-16-22(46-36-24-13-14-44-26-12-11-21(43-5)15-23(24)26)18-37(25)29(39)27(32(2,3)4)34-31(42)45-20-9-7-8-10-20/h6,11-12,15,19-20,22,25,27H,1,7-10,13-14,16-18H2,2-5H3,(H,34,42)(H,35,38)(H,40,41)/b36-24+/t19-,22-,25+,27-,33+/m1/s1. The molecule has 13 nitrogen and oxygen atoms in total. The number of benzene rings is 1. The van der Waals surface area contributed by atoms with E-state index in [1.54, 1.807) is 25.3 Å². The lowest BCUT2D eigenvalue weighted by Crippen LogP contribution is -2.59. The molecule has 0 spiro atoms. The number of nitrogens with zero attached hydrogens (tertiary/aromatic N) is 2. The van der Waals surface area contributed by atoms with E-state index >= 15 is 0 Å². The molecule has 46 heavy (non-hydrogen) atoms. The zero-order valence-corrected chi connectivity index (χ0v) is 26.9. The number of carbonyl (C=O) groups excluding carboxylic acids is 3. The van der Waals surface area contributed by atoms with Crippen LogP contribution >= 0.6 is 0 Å². The fourth-order valence-electron chi connectivity index (χ4n) is 6.42. The van der Waals surface area contributed by atoms with Gasteiger partial charge in [0.1, 0.15) is 41.3 Å². The van der Waals surface area contributed by atoms with E-state index < -0.39 is 58.9 Å². The normalized spacial score (nSPS) is 27.2. The van der Waals surface area contributed by atoms with E-state index in [0.29, 0.717) is 30.2 Å². The number of likely N-dealkylation sites (tertiary alicyclic amines) is 1. The van der Waals surface area contributed by atoms with Gasteiger partial charge in [0.2, 0.25) is 11.8 Å². The van der Waals surface area contributed by atoms with E-state index in [2.05, 4.69) is 22.4 Å². The number of oxime groups is 1. The molecule has 1 saturated heterocycles. The molecular formula is C33H44N4O9. The number of nitrogens with one attached hydrogen (secondary N) is 2. The highest BCUT2D eigenvalue weighted by atomic mass is 16.6. The minimum atomic E-state index is -1.48. The van der Waals surface area contributed by atoms with Crippen molar-refractivity contribution in [3.8, 4) is 11.5 Å². The second-order valence-corrected chi connectivity index (χ2v) is 13.5. The van der Waals surface area contributed by atoms with Gasteiger partial charge in [-0.15, -0.1) is 6.58 Å². The summed E-state index contributed by atoms with van der Waals surface area (Å²) in [6, 6.07) is 3.28. The molecule has 3 fully saturated rings. The fourth-order valence-corrected chi connectivity index (χ4v) is 6.42. The Hall–Kier alpha value is -4.29. The van der Waals surface area contributed by atoms with Crippen LogP contribution in [0.25, 0.3) is 0 Å². The van der Waals surface area contributed by atoms with Crippen LogP contribution in [-0.2, 0) is 24.0 Å². The molecule has 0 radical (unpaired) electrons. The molecule has 0 aromatic heterocycles. The second kappa shape index (κ2) is 13.2. The van der Waals surface area contributed by atoms with Crippen molar-refractivity contribution in [2.24, 2.45) is 16.5 Å². The van der Waals surface area contributed by atoms with Gasteiger partial charge in [0.05, 0.1) is 26.0 Å². The maximum absolute atomic E-state index is 14.2. The molecule has 5 atom stereocenters. The smallest absolute Gasteiger partial charge is 0.408 e. The molecule has 13 heteroatoms. The summed E-state index contributed by atoms with van der Waals surface area (Å²) in [5.74, 6) is -1.46. The minimum absolute atomic E-state index is 0.00788. The maximum Gasteiger partial charge on any atom is 0.408 e. The Bertz CT molecular complexity index is 1400. The lowest BCUT2D eigenvalue weighted by Gasteiger charge is -2.35. The van der Waals surface area contributed by atoms with E-state index in [1.807, 2.05) is 20.8 Å². The number of carbonyl (C=O) groups is 4. The lowest BCUT2D eigenvalue weighted by molar-refractivity contribution is -0.146. The second-order valence-electron chi connectivity index (χ2n) is 13.5. The van der Waals surface area contributed by atoms with Gasteiger partial charge in [-0.25, -0.2) is 9.59 Å². The first-order valence-electron chi connectivity index (χ1n) is 15.9. The van der Waals surface area contributed by atoms with Crippen LogP contribution in [-0.4, -0.2) is 89.7 Å². The van der Waals surface area contributed by atoms with Crippen molar-refractivity contribution in [1.29, 1.82) is 0 Å². The molecule has 0 unspecified atom stereocenters. The summed E-state index contributed by atoms with van der Waals surface area (Å²) in [4.78, 5) is 60.4. The monoisotopic (exact) mass is 640 g/mol. The van der Waals surface area contributed by atoms with E-state index in [4.69, 9.17) is 19.0 Å². The van der Waals surface area contributed by atoms with E-state index in [9.17, 15) is 24.3 Å². The van der Waals surface area contributed by atoms with Gasteiger partial charge in [0, 0.05) is 24.3 Å². The van der Waals surface area contributed by atoms with Gasteiger partial charge in [0.25, 0.3) is 0 Å². The number of alkyl carbamates (subject to hydrolysis) is 1. The van der Waals surface area contributed by atoms with Crippen molar-refractivity contribution in [3.63, 3.8) is 0 Å². The first-order valence-corrected chi connectivity index (χ1v) is 15.9. The summed E-state index contributed by atoms with van der Waals surface area (Å²) in [6.07, 6.45) is 4.18. The molecule has 2 heterocycles. The molecule has 2 saturated carbocycles. The van der Waals surface area contributed by atoms with Gasteiger partial charge in [-0.3, -0.25) is 9.59 Å². The molecule has 1 aromatic carbocycles. The van der Waals surface area contributed by atoms with Crippen molar-refractivity contribution in [1.82, 2.24) is 15.5 Å². The molecule has 3 amide bonds. The molecule has 1 aromatic rings. The number of amides is 3. The summed E-state index contributed by atoms with van der Waals surface area (Å²) < 4.78 is 16.7. The number of hydrogen-bond donors (Lipinski definition) is 3. The molecule has 2 aliphatic heterocycles. The van der Waals surface area contributed by atoms with Crippen molar-refractivity contribution in [3.05, 3.63) is 36.4 Å². The Morgan fingerprint density at radius 3 is 2.57 bits per heavy atom. The highest BCUT2D eigenvalue weighted by Crippen LogP contribution is 2.45. The topological polar surface area (TPSA) is 165 Å². The largest absolute Gasteiger partial charge is 0.497 e. The summed E-state index contributed by atoms with van der Waals surface area (Å²) >= 11 is 0. The minimum Gasteiger partial charge on any atom is -0.497 e. The van der Waals surface area contributed by atoms with Crippen LogP contribution < -0.4 is 20.1 Å². The predicted molar refractivity (Wildman–Crippen MR) is 167 cm³/mol. The van der Waals surface area contributed by atoms with Crippen LogP contribution in [0.15, 0.2) is 36.0 Å². The highest BCUT2D eigenvalue weighted by Gasteiger charge is 2.61. The number of aliphatic carboxylic acids is 1. The Balaban J connectivity index is 1.38. The zero-order valence-electron chi connectivity index (χ0n) is 26.9. The number of fused-ring (bicyclic) bond motifs is 1. The Labute approximate surface area is 268 Å². The van der Waals surface area contributed by atoms with Gasteiger partial charge >= 0.3 is 12.1 Å². The first-order chi connectivity index (χ1) is 21.9. The summed E-state index contributed by atoms with van der Waals surface area (Å²) in [6.45, 7) is 9.52. The molecule has 5 rings (SSSR count). The molecule has 4 aliphatic rings. The summed E-state index contributed by atoms with van der Waals surface area (Å²) in [5.41, 5.74) is -0.879. The third kappa shape index (κ3) is 6.92. The third-order valence-corrected chi connectivity index (χ3v) is 9.23. The van der Waals surface area contributed by atoms with Gasteiger partial charge in [0.15, 0.2) is 0 Å². The SMILES string of the molecule is C=C[C@@H]1C[C@@]1(NC(=O)[C@@H]1C[C@@H](O/N=C2\CCOc3ccc(OC)cc32)CN1C(=O)[C@@H](NC(=O)OC1CCCC1)C(C)(C)C)C(=O)O. The average molecular weight is 641 g/mol. The van der Waals surface area contributed by atoms with Crippen LogP contribution in [0, 0.1) is 11.3 Å². The van der Waals surface area contributed by atoms with Crippen molar-refractivity contribution in [2.45, 2.75) is 95.5 Å². The average Bonchev–Trinajstić information content (AvgIpc) is 3.30. The van der Waals surface area contributed by atoms with Crippen molar-refractivity contribution in [2.75, 3.05) is 20.3 Å². The predicted octanol–water partition coefficient (Wildman–Crippen LogP) is 3.40. The molecule has 250 valence electrons. The van der Waals surface area contributed by atoms with Gasteiger partial charge in [-0.1, -0.05) is 32.0 Å². The fraction of sp³-hybridized carbons (Fsp3) is 0.606. The highest BCUT2D eigenvalue weighted by molar-refractivity contribution is 6.03. The quantitative estimate of drug-likeness (QED) is 0.257. The summed E-state index contributed by atoms with van der Waals surface area (Å²) in [7, 11) is 1.57. The molecule has 3 N–H and O–H groups in total.